The van der Waals surface area contributed by atoms with Crippen molar-refractivity contribution < 1.29 is 4.79 Å². The summed E-state index contributed by atoms with van der Waals surface area (Å²) in [4.78, 5) is 13.0. The first-order valence-corrected chi connectivity index (χ1v) is 8.64. The molecule has 1 fully saturated rings. The lowest BCUT2D eigenvalue weighted by molar-refractivity contribution is -0.127. The van der Waals surface area contributed by atoms with Crippen LogP contribution < -0.4 is 11.2 Å². The van der Waals surface area contributed by atoms with Gasteiger partial charge in [0.1, 0.15) is 0 Å². The van der Waals surface area contributed by atoms with Crippen LogP contribution in [0.3, 0.4) is 0 Å². The van der Waals surface area contributed by atoms with Gasteiger partial charge in [-0.25, -0.2) is 5.01 Å². The standard InChI is InChI=1S/C20H24N4O/c21-19(22)17-11-13-24(14-12-17)23-20(25)18(15-7-3-1-4-8-15)16-9-5-2-6-10-16/h1-10,17-18H,11-14H2,(H3,21,22)(H,23,25). The quantitative estimate of drug-likeness (QED) is 0.579. The number of nitrogens with two attached hydrogens (primary N) is 1. The maximum absolute atomic E-state index is 13.0. The Morgan fingerprint density at radius 3 is 1.92 bits per heavy atom. The molecule has 0 unspecified atom stereocenters. The maximum Gasteiger partial charge on any atom is 0.246 e. The number of hydrogen-bond acceptors (Lipinski definition) is 3. The second-order valence-corrected chi connectivity index (χ2v) is 6.45. The lowest BCUT2D eigenvalue weighted by Gasteiger charge is -2.32. The molecule has 2 aromatic carbocycles. The molecule has 3 rings (SSSR count). The molecule has 2 aromatic rings. The Labute approximate surface area is 148 Å². The Morgan fingerprint density at radius 1 is 1.00 bits per heavy atom. The third kappa shape index (κ3) is 4.25. The minimum atomic E-state index is -0.340. The van der Waals surface area contributed by atoms with Gasteiger partial charge in [-0.05, 0) is 24.0 Å². The molecule has 130 valence electrons. The lowest BCUT2D eigenvalue weighted by Crippen LogP contribution is -2.49. The van der Waals surface area contributed by atoms with Gasteiger partial charge in [0.2, 0.25) is 5.91 Å². The summed E-state index contributed by atoms with van der Waals surface area (Å²) < 4.78 is 0. The molecule has 0 aromatic heterocycles. The third-order valence-electron chi connectivity index (χ3n) is 4.73. The van der Waals surface area contributed by atoms with Crippen molar-refractivity contribution in [3.63, 3.8) is 0 Å². The molecular formula is C20H24N4O. The molecule has 5 nitrogen and oxygen atoms in total. The van der Waals surface area contributed by atoms with Crippen molar-refractivity contribution in [3.8, 4) is 0 Å². The fourth-order valence-corrected chi connectivity index (χ4v) is 3.31. The molecule has 0 aliphatic carbocycles. The molecule has 0 saturated carbocycles. The fraction of sp³-hybridized carbons (Fsp3) is 0.300. The molecule has 25 heavy (non-hydrogen) atoms. The van der Waals surface area contributed by atoms with Gasteiger partial charge >= 0.3 is 0 Å². The van der Waals surface area contributed by atoms with Crippen LogP contribution in [0.1, 0.15) is 29.9 Å². The van der Waals surface area contributed by atoms with Crippen LogP contribution in [0, 0.1) is 11.3 Å². The first-order valence-electron chi connectivity index (χ1n) is 8.64. The Hall–Kier alpha value is -2.66. The van der Waals surface area contributed by atoms with E-state index in [2.05, 4.69) is 5.43 Å². The Balaban J connectivity index is 1.74. The molecule has 1 aliphatic rings. The molecule has 5 heteroatoms. The van der Waals surface area contributed by atoms with Crippen molar-refractivity contribution >= 4 is 11.7 Å². The number of amides is 1. The van der Waals surface area contributed by atoms with E-state index in [4.69, 9.17) is 11.1 Å². The average Bonchev–Trinajstić information content (AvgIpc) is 2.64. The maximum atomic E-state index is 13.0. The van der Waals surface area contributed by atoms with Gasteiger partial charge in [-0.3, -0.25) is 15.6 Å². The second kappa shape index (κ2) is 7.94. The minimum absolute atomic E-state index is 0.0290. The highest BCUT2D eigenvalue weighted by atomic mass is 16.2. The van der Waals surface area contributed by atoms with Gasteiger partial charge in [-0.2, -0.15) is 0 Å². The van der Waals surface area contributed by atoms with Crippen LogP contribution >= 0.6 is 0 Å². The molecule has 0 atom stereocenters. The Morgan fingerprint density at radius 2 is 1.48 bits per heavy atom. The molecule has 1 saturated heterocycles. The molecule has 0 spiro atoms. The van der Waals surface area contributed by atoms with Crippen LogP contribution in [0.5, 0.6) is 0 Å². The summed E-state index contributed by atoms with van der Waals surface area (Å²) in [5, 5.41) is 9.51. The summed E-state index contributed by atoms with van der Waals surface area (Å²) in [7, 11) is 0. The number of hydrazine groups is 1. The Bertz CT molecular complexity index is 669. The van der Waals surface area contributed by atoms with Crippen LogP contribution in [0.4, 0.5) is 0 Å². The van der Waals surface area contributed by atoms with E-state index < -0.39 is 0 Å². The van der Waals surface area contributed by atoms with Gasteiger partial charge in [-0.1, -0.05) is 60.7 Å². The average molecular weight is 336 g/mol. The predicted octanol–water partition coefficient (Wildman–Crippen LogP) is 2.50. The van der Waals surface area contributed by atoms with Crippen LogP contribution in [0.2, 0.25) is 0 Å². The molecule has 1 heterocycles. The smallest absolute Gasteiger partial charge is 0.246 e. The van der Waals surface area contributed by atoms with Crippen LogP contribution in [-0.4, -0.2) is 29.8 Å². The van der Waals surface area contributed by atoms with E-state index in [9.17, 15) is 4.79 Å². The number of hydrogen-bond donors (Lipinski definition) is 3. The molecule has 0 bridgehead atoms. The van der Waals surface area contributed by atoms with E-state index in [0.29, 0.717) is 13.1 Å². The van der Waals surface area contributed by atoms with Crippen molar-refractivity contribution in [3.05, 3.63) is 71.8 Å². The normalized spacial score (nSPS) is 15.9. The molecule has 1 aliphatic heterocycles. The van der Waals surface area contributed by atoms with Gasteiger partial charge in [0, 0.05) is 19.0 Å². The predicted molar refractivity (Wildman–Crippen MR) is 99.1 cm³/mol. The van der Waals surface area contributed by atoms with Gasteiger partial charge < -0.3 is 5.73 Å². The number of benzene rings is 2. The number of piperidine rings is 1. The van der Waals surface area contributed by atoms with Gasteiger partial charge in [0.25, 0.3) is 0 Å². The minimum Gasteiger partial charge on any atom is -0.387 e. The molecule has 0 radical (unpaired) electrons. The summed E-state index contributed by atoms with van der Waals surface area (Å²) in [5.41, 5.74) is 10.6. The summed E-state index contributed by atoms with van der Waals surface area (Å²) >= 11 is 0. The van der Waals surface area contributed by atoms with Gasteiger partial charge in [0.05, 0.1) is 11.8 Å². The highest BCUT2D eigenvalue weighted by Crippen LogP contribution is 2.25. The van der Waals surface area contributed by atoms with Crippen molar-refractivity contribution in [1.29, 1.82) is 5.41 Å². The zero-order valence-electron chi connectivity index (χ0n) is 14.2. The first kappa shape index (κ1) is 17.2. The van der Waals surface area contributed by atoms with Gasteiger partial charge in [-0.15, -0.1) is 0 Å². The van der Waals surface area contributed by atoms with Crippen molar-refractivity contribution in [1.82, 2.24) is 10.4 Å². The van der Waals surface area contributed by atoms with Crippen molar-refractivity contribution in [2.45, 2.75) is 18.8 Å². The number of carbonyl (C=O) groups is 1. The topological polar surface area (TPSA) is 82.2 Å². The summed E-state index contributed by atoms with van der Waals surface area (Å²) in [6.45, 7) is 1.43. The zero-order chi connectivity index (χ0) is 17.6. The highest BCUT2D eigenvalue weighted by Gasteiger charge is 2.27. The molecule has 1 amide bonds. The number of amidine groups is 1. The van der Waals surface area contributed by atoms with Crippen molar-refractivity contribution in [2.24, 2.45) is 11.7 Å². The van der Waals surface area contributed by atoms with E-state index in [0.717, 1.165) is 24.0 Å². The lowest BCUT2D eigenvalue weighted by atomic mass is 9.90. The highest BCUT2D eigenvalue weighted by molar-refractivity contribution is 5.86. The SMILES string of the molecule is N=C(N)C1CCN(NC(=O)C(c2ccccc2)c2ccccc2)CC1. The van der Waals surface area contributed by atoms with Crippen LogP contribution in [0.15, 0.2) is 60.7 Å². The monoisotopic (exact) mass is 336 g/mol. The third-order valence-corrected chi connectivity index (χ3v) is 4.73. The summed E-state index contributed by atoms with van der Waals surface area (Å²) in [6.07, 6.45) is 1.61. The van der Waals surface area contributed by atoms with E-state index in [1.54, 1.807) is 0 Å². The number of nitrogens with zero attached hydrogens (tertiary/aromatic N) is 1. The van der Waals surface area contributed by atoms with E-state index in [-0.39, 0.29) is 23.6 Å². The van der Waals surface area contributed by atoms with Crippen molar-refractivity contribution in [2.75, 3.05) is 13.1 Å². The number of carbonyl (C=O) groups excluding carboxylic acids is 1. The zero-order valence-corrected chi connectivity index (χ0v) is 14.2. The second-order valence-electron chi connectivity index (χ2n) is 6.45. The largest absolute Gasteiger partial charge is 0.387 e. The Kier molecular flexibility index (Phi) is 5.46. The first-order chi connectivity index (χ1) is 12.1. The van der Waals surface area contributed by atoms with E-state index in [1.165, 1.54) is 0 Å². The fourth-order valence-electron chi connectivity index (χ4n) is 3.31. The number of rotatable bonds is 5. The van der Waals surface area contributed by atoms with Crippen LogP contribution in [-0.2, 0) is 4.79 Å². The van der Waals surface area contributed by atoms with Crippen LogP contribution in [0.25, 0.3) is 0 Å². The molecular weight excluding hydrogens is 312 g/mol. The summed E-state index contributed by atoms with van der Waals surface area (Å²) in [5.74, 6) is 0.0104. The summed E-state index contributed by atoms with van der Waals surface area (Å²) in [6, 6.07) is 19.7. The van der Waals surface area contributed by atoms with E-state index >= 15 is 0 Å². The van der Waals surface area contributed by atoms with Gasteiger partial charge in [0.15, 0.2) is 0 Å². The number of nitrogens with one attached hydrogen (secondary N) is 2. The van der Waals surface area contributed by atoms with E-state index in [1.807, 2.05) is 65.7 Å². The molecule has 4 N–H and O–H groups in total.